The predicted octanol–water partition coefficient (Wildman–Crippen LogP) is 6.27. The normalized spacial score (nSPS) is 30.6. The van der Waals surface area contributed by atoms with Gasteiger partial charge in [0.15, 0.2) is 0 Å². The first-order valence-corrected chi connectivity index (χ1v) is 10.8. The van der Waals surface area contributed by atoms with E-state index in [-0.39, 0.29) is 5.60 Å². The maximum Gasteiger partial charge on any atom is 0.0991 e. The minimum absolute atomic E-state index is 0.0238. The lowest BCUT2D eigenvalue weighted by Crippen LogP contribution is -2.38. The van der Waals surface area contributed by atoms with Crippen molar-refractivity contribution >= 4 is 0 Å². The lowest BCUT2D eigenvalue weighted by atomic mass is 9.66. The molecule has 0 radical (unpaired) electrons. The van der Waals surface area contributed by atoms with Crippen molar-refractivity contribution in [2.45, 2.75) is 75.7 Å². The standard InChI is InChI=1S/C25H32N2O/c1-28-25(15-3-2-4-18-26)16-13-24(14-17-25)23-11-9-22(10-12-23)21-7-5-20(19-27)6-8-21/h2,4-8,22-24H,3,9-17H2,1H3/t22-,23-,24-,25+. The molecule has 0 heterocycles. The molecule has 2 saturated carbocycles. The van der Waals surface area contributed by atoms with Gasteiger partial charge in [-0.05, 0) is 99.7 Å². The van der Waals surface area contributed by atoms with Crippen molar-refractivity contribution in [1.82, 2.24) is 0 Å². The van der Waals surface area contributed by atoms with Gasteiger partial charge < -0.3 is 4.74 Å². The number of methoxy groups -OCH3 is 1. The van der Waals surface area contributed by atoms with E-state index in [4.69, 9.17) is 15.3 Å². The fourth-order valence-corrected chi connectivity index (χ4v) is 5.43. The fourth-order valence-electron chi connectivity index (χ4n) is 5.43. The van der Waals surface area contributed by atoms with Crippen LogP contribution >= 0.6 is 0 Å². The van der Waals surface area contributed by atoms with Gasteiger partial charge >= 0.3 is 0 Å². The second kappa shape index (κ2) is 9.90. The Labute approximate surface area is 170 Å². The number of rotatable bonds is 6. The monoisotopic (exact) mass is 376 g/mol. The molecule has 28 heavy (non-hydrogen) atoms. The summed E-state index contributed by atoms with van der Waals surface area (Å²) in [7, 11) is 1.86. The van der Waals surface area contributed by atoms with Crippen LogP contribution in [0.5, 0.6) is 0 Å². The first-order valence-electron chi connectivity index (χ1n) is 10.8. The maximum atomic E-state index is 8.97. The van der Waals surface area contributed by atoms with Crippen LogP contribution in [0.2, 0.25) is 0 Å². The molecular formula is C25H32N2O. The Hall–Kier alpha value is -2.10. The Balaban J connectivity index is 1.47. The van der Waals surface area contributed by atoms with Crippen molar-refractivity contribution in [2.24, 2.45) is 11.8 Å². The molecule has 0 bridgehead atoms. The highest BCUT2D eigenvalue weighted by Gasteiger charge is 2.38. The third-order valence-corrected chi connectivity index (χ3v) is 7.28. The first-order chi connectivity index (χ1) is 13.7. The number of hydrogen-bond acceptors (Lipinski definition) is 3. The zero-order valence-corrected chi connectivity index (χ0v) is 17.1. The summed E-state index contributed by atoms with van der Waals surface area (Å²) >= 11 is 0. The minimum atomic E-state index is 0.0238. The minimum Gasteiger partial charge on any atom is -0.378 e. The highest BCUT2D eigenvalue weighted by Crippen LogP contribution is 2.46. The Kier molecular flexibility index (Phi) is 7.30. The molecule has 0 atom stereocenters. The quantitative estimate of drug-likeness (QED) is 0.550. The van der Waals surface area contributed by atoms with Gasteiger partial charge in [0.05, 0.1) is 23.3 Å². The largest absolute Gasteiger partial charge is 0.378 e. The van der Waals surface area contributed by atoms with Gasteiger partial charge in [-0.1, -0.05) is 18.2 Å². The van der Waals surface area contributed by atoms with Gasteiger partial charge in [0, 0.05) is 13.2 Å². The summed E-state index contributed by atoms with van der Waals surface area (Å²) in [5.41, 5.74) is 2.19. The average molecular weight is 377 g/mol. The molecule has 2 aliphatic rings. The van der Waals surface area contributed by atoms with Crippen molar-refractivity contribution < 1.29 is 4.74 Å². The van der Waals surface area contributed by atoms with Gasteiger partial charge in [-0.25, -0.2) is 0 Å². The first kappa shape index (κ1) is 20.6. The molecule has 3 nitrogen and oxygen atoms in total. The van der Waals surface area contributed by atoms with E-state index in [1.165, 1.54) is 44.1 Å². The Morgan fingerprint density at radius 3 is 2.21 bits per heavy atom. The topological polar surface area (TPSA) is 56.8 Å². The van der Waals surface area contributed by atoms with Gasteiger partial charge in [-0.3, -0.25) is 0 Å². The Morgan fingerprint density at radius 1 is 1.00 bits per heavy atom. The lowest BCUT2D eigenvalue weighted by molar-refractivity contribution is -0.0614. The molecule has 0 saturated heterocycles. The summed E-state index contributed by atoms with van der Waals surface area (Å²) in [6.07, 6.45) is 15.6. The zero-order valence-electron chi connectivity index (χ0n) is 17.1. The predicted molar refractivity (Wildman–Crippen MR) is 112 cm³/mol. The summed E-state index contributed by atoms with van der Waals surface area (Å²) in [6.45, 7) is 0. The zero-order chi connectivity index (χ0) is 19.8. The van der Waals surface area contributed by atoms with Crippen LogP contribution in [0.3, 0.4) is 0 Å². The second-order valence-corrected chi connectivity index (χ2v) is 8.64. The molecule has 148 valence electrons. The summed E-state index contributed by atoms with van der Waals surface area (Å²) in [5.74, 6) is 2.38. The molecule has 0 spiro atoms. The highest BCUT2D eigenvalue weighted by atomic mass is 16.5. The number of nitrogens with zero attached hydrogens (tertiary/aromatic N) is 2. The highest BCUT2D eigenvalue weighted by molar-refractivity contribution is 5.33. The molecule has 3 heteroatoms. The molecule has 1 aromatic rings. The SMILES string of the molecule is CO[C@]1(CCC=CC#N)CC[C@H]([C@H]2CC[C@H](c3ccc(C#N)cc3)CC2)CC1. The molecule has 0 N–H and O–H groups in total. The second-order valence-electron chi connectivity index (χ2n) is 8.64. The van der Waals surface area contributed by atoms with Crippen LogP contribution in [0.15, 0.2) is 36.4 Å². The van der Waals surface area contributed by atoms with Crippen LogP contribution in [-0.4, -0.2) is 12.7 Å². The molecular weight excluding hydrogens is 344 g/mol. The van der Waals surface area contributed by atoms with E-state index in [0.29, 0.717) is 5.92 Å². The van der Waals surface area contributed by atoms with Crippen LogP contribution in [0, 0.1) is 34.5 Å². The van der Waals surface area contributed by atoms with Crippen LogP contribution < -0.4 is 0 Å². The van der Waals surface area contributed by atoms with Crippen molar-refractivity contribution in [3.63, 3.8) is 0 Å². The van der Waals surface area contributed by atoms with Gasteiger partial charge in [-0.15, -0.1) is 0 Å². The van der Waals surface area contributed by atoms with Crippen molar-refractivity contribution in [1.29, 1.82) is 10.5 Å². The van der Waals surface area contributed by atoms with Gasteiger partial charge in [0.1, 0.15) is 0 Å². The van der Waals surface area contributed by atoms with E-state index in [0.717, 1.165) is 43.1 Å². The Bertz CT molecular complexity index is 721. The number of hydrogen-bond donors (Lipinski definition) is 0. The third-order valence-electron chi connectivity index (χ3n) is 7.28. The van der Waals surface area contributed by atoms with Crippen LogP contribution in [0.4, 0.5) is 0 Å². The number of nitriles is 2. The smallest absolute Gasteiger partial charge is 0.0991 e. The van der Waals surface area contributed by atoms with Crippen molar-refractivity contribution in [3.05, 3.63) is 47.5 Å². The summed E-state index contributed by atoms with van der Waals surface area (Å²) in [4.78, 5) is 0. The molecule has 0 aliphatic heterocycles. The molecule has 1 aromatic carbocycles. The van der Waals surface area contributed by atoms with E-state index in [2.05, 4.69) is 24.3 Å². The Morgan fingerprint density at radius 2 is 1.64 bits per heavy atom. The van der Waals surface area contributed by atoms with Crippen LogP contribution in [0.1, 0.15) is 81.3 Å². The van der Waals surface area contributed by atoms with E-state index in [1.54, 1.807) is 6.08 Å². The lowest BCUT2D eigenvalue weighted by Gasteiger charge is -2.43. The van der Waals surface area contributed by atoms with E-state index in [1.807, 2.05) is 25.3 Å². The molecule has 3 rings (SSSR count). The third kappa shape index (κ3) is 5.03. The van der Waals surface area contributed by atoms with E-state index < -0.39 is 0 Å². The fraction of sp³-hybridized carbons (Fsp3) is 0.600. The molecule has 2 aliphatic carbocycles. The number of ether oxygens (including phenoxy) is 1. The maximum absolute atomic E-state index is 8.97. The summed E-state index contributed by atoms with van der Waals surface area (Å²) in [6, 6.07) is 12.5. The van der Waals surface area contributed by atoms with Crippen LogP contribution in [0.25, 0.3) is 0 Å². The van der Waals surface area contributed by atoms with E-state index in [9.17, 15) is 0 Å². The van der Waals surface area contributed by atoms with Crippen molar-refractivity contribution in [3.8, 4) is 12.1 Å². The van der Waals surface area contributed by atoms with Gasteiger partial charge in [0.25, 0.3) is 0 Å². The van der Waals surface area contributed by atoms with E-state index >= 15 is 0 Å². The molecule has 2 fully saturated rings. The number of allylic oxidation sites excluding steroid dienone is 2. The molecule has 0 amide bonds. The number of benzene rings is 1. The molecule has 0 unspecified atom stereocenters. The average Bonchev–Trinajstić information content (AvgIpc) is 2.77. The van der Waals surface area contributed by atoms with Gasteiger partial charge in [-0.2, -0.15) is 10.5 Å². The van der Waals surface area contributed by atoms with Crippen LogP contribution in [-0.2, 0) is 4.74 Å². The summed E-state index contributed by atoms with van der Waals surface area (Å²) < 4.78 is 5.95. The van der Waals surface area contributed by atoms with Crippen molar-refractivity contribution in [2.75, 3.05) is 7.11 Å². The summed E-state index contributed by atoms with van der Waals surface area (Å²) in [5, 5.41) is 17.6. The molecule has 0 aromatic heterocycles. The van der Waals surface area contributed by atoms with Gasteiger partial charge in [0.2, 0.25) is 0 Å².